The van der Waals surface area contributed by atoms with Gasteiger partial charge in [-0.25, -0.2) is 4.68 Å². The van der Waals surface area contributed by atoms with Crippen molar-refractivity contribution in [2.45, 2.75) is 51.7 Å². The molecule has 1 atom stereocenters. The van der Waals surface area contributed by atoms with Gasteiger partial charge in [0.15, 0.2) is 5.82 Å². The number of rotatable bonds is 7. The van der Waals surface area contributed by atoms with E-state index in [9.17, 15) is 0 Å². The molecule has 7 nitrogen and oxygen atoms in total. The van der Waals surface area contributed by atoms with E-state index < -0.39 is 0 Å². The molecule has 2 heterocycles. The fourth-order valence-corrected chi connectivity index (χ4v) is 4.24. The van der Waals surface area contributed by atoms with Gasteiger partial charge in [0.1, 0.15) is 17.5 Å². The Labute approximate surface area is 184 Å². The first kappa shape index (κ1) is 21.3. The van der Waals surface area contributed by atoms with Gasteiger partial charge < -0.3 is 9.47 Å². The summed E-state index contributed by atoms with van der Waals surface area (Å²) in [6, 6.07) is 14.4. The molecular weight excluding hydrogens is 390 g/mol. The fraction of sp³-hybridized carbons (Fsp3) is 0.458. The van der Waals surface area contributed by atoms with E-state index in [2.05, 4.69) is 65.5 Å². The van der Waals surface area contributed by atoms with Gasteiger partial charge in [0.25, 0.3) is 0 Å². The Balaban J connectivity index is 1.87. The first-order valence-corrected chi connectivity index (χ1v) is 10.8. The van der Waals surface area contributed by atoms with Crippen molar-refractivity contribution in [3.63, 3.8) is 0 Å². The summed E-state index contributed by atoms with van der Waals surface area (Å²) in [6.45, 7) is 8.21. The molecule has 1 aromatic heterocycles. The van der Waals surface area contributed by atoms with Crippen LogP contribution in [0.4, 0.5) is 0 Å². The number of nitrogens with zero attached hydrogens (tertiary/aromatic N) is 5. The molecule has 0 fully saturated rings. The Morgan fingerprint density at radius 2 is 1.84 bits per heavy atom. The Kier molecular flexibility index (Phi) is 5.96. The third-order valence-electron chi connectivity index (χ3n) is 6.43. The smallest absolute Gasteiger partial charge is 0.173 e. The monoisotopic (exact) mass is 421 g/mol. The van der Waals surface area contributed by atoms with E-state index >= 15 is 0 Å². The number of aromatic nitrogens is 4. The van der Waals surface area contributed by atoms with Crippen LogP contribution in [-0.2, 0) is 18.5 Å². The summed E-state index contributed by atoms with van der Waals surface area (Å²) < 4.78 is 13.3. The lowest BCUT2D eigenvalue weighted by Gasteiger charge is -2.37. The van der Waals surface area contributed by atoms with Crippen molar-refractivity contribution in [1.29, 1.82) is 0 Å². The predicted molar refractivity (Wildman–Crippen MR) is 119 cm³/mol. The molecule has 1 aliphatic heterocycles. The molecule has 0 saturated carbocycles. The van der Waals surface area contributed by atoms with Crippen LogP contribution in [0.15, 0.2) is 42.5 Å². The van der Waals surface area contributed by atoms with E-state index in [1.165, 1.54) is 11.1 Å². The van der Waals surface area contributed by atoms with E-state index in [1.54, 1.807) is 14.2 Å². The van der Waals surface area contributed by atoms with Crippen LogP contribution in [0.1, 0.15) is 55.7 Å². The lowest BCUT2D eigenvalue weighted by molar-refractivity contribution is 0.178. The first-order valence-electron chi connectivity index (χ1n) is 10.8. The molecule has 4 rings (SSSR count). The largest absolute Gasteiger partial charge is 0.497 e. The standard InChI is InChI=1S/C24H31N5O2/c1-6-24(2,3)29-23(25-26-27-29)22(20-15-19(30-4)11-12-21(20)31-5)28-14-13-17-9-7-8-10-18(17)16-28/h7-12,15,22H,6,13-14,16H2,1-5H3/t22-/m1/s1. The minimum Gasteiger partial charge on any atom is -0.497 e. The minimum absolute atomic E-state index is 0.167. The van der Waals surface area contributed by atoms with Crippen LogP contribution in [0.5, 0.6) is 11.5 Å². The summed E-state index contributed by atoms with van der Waals surface area (Å²) in [7, 11) is 3.38. The average Bonchev–Trinajstić information content (AvgIpc) is 3.29. The maximum atomic E-state index is 5.78. The lowest BCUT2D eigenvalue weighted by atomic mass is 9.94. The number of benzene rings is 2. The van der Waals surface area contributed by atoms with Gasteiger partial charge in [0.05, 0.1) is 19.8 Å². The quantitative estimate of drug-likeness (QED) is 0.575. The summed E-state index contributed by atoms with van der Waals surface area (Å²) in [5, 5.41) is 13.0. The summed E-state index contributed by atoms with van der Waals surface area (Å²) in [5.74, 6) is 2.40. The zero-order chi connectivity index (χ0) is 22.0. The molecule has 0 amide bonds. The van der Waals surface area contributed by atoms with Crippen molar-refractivity contribution in [2.75, 3.05) is 20.8 Å². The molecule has 0 N–H and O–H groups in total. The summed E-state index contributed by atoms with van der Waals surface area (Å²) in [4.78, 5) is 2.44. The highest BCUT2D eigenvalue weighted by atomic mass is 16.5. The maximum Gasteiger partial charge on any atom is 0.173 e. The Hall–Kier alpha value is -2.93. The molecule has 0 aliphatic carbocycles. The van der Waals surface area contributed by atoms with E-state index in [4.69, 9.17) is 9.47 Å². The molecule has 0 spiro atoms. The number of fused-ring (bicyclic) bond motifs is 1. The van der Waals surface area contributed by atoms with Crippen LogP contribution >= 0.6 is 0 Å². The van der Waals surface area contributed by atoms with E-state index in [0.717, 1.165) is 48.8 Å². The SMILES string of the molecule is CCC(C)(C)n1nnnc1[C@@H](c1cc(OC)ccc1OC)N1CCc2ccccc2C1. The van der Waals surface area contributed by atoms with Crippen molar-refractivity contribution < 1.29 is 9.47 Å². The van der Waals surface area contributed by atoms with Gasteiger partial charge in [-0.15, -0.1) is 5.10 Å². The molecule has 0 saturated heterocycles. The second-order valence-electron chi connectivity index (χ2n) is 8.61. The zero-order valence-electron chi connectivity index (χ0n) is 19.0. The highest BCUT2D eigenvalue weighted by Gasteiger charge is 2.35. The number of hydrogen-bond acceptors (Lipinski definition) is 6. The normalized spacial score (nSPS) is 15.4. The molecule has 0 bridgehead atoms. The number of methoxy groups -OCH3 is 2. The van der Waals surface area contributed by atoms with Crippen molar-refractivity contribution in [2.24, 2.45) is 0 Å². The molecule has 0 radical (unpaired) electrons. The van der Waals surface area contributed by atoms with Crippen LogP contribution in [0.25, 0.3) is 0 Å². The minimum atomic E-state index is -0.211. The molecule has 31 heavy (non-hydrogen) atoms. The maximum absolute atomic E-state index is 5.78. The topological polar surface area (TPSA) is 65.3 Å². The molecule has 0 unspecified atom stereocenters. The number of hydrogen-bond donors (Lipinski definition) is 0. The Morgan fingerprint density at radius 1 is 1.06 bits per heavy atom. The number of tetrazole rings is 1. The summed E-state index contributed by atoms with van der Waals surface area (Å²) >= 11 is 0. The Morgan fingerprint density at radius 3 is 2.55 bits per heavy atom. The van der Waals surface area contributed by atoms with E-state index in [1.807, 2.05) is 22.9 Å². The van der Waals surface area contributed by atoms with Gasteiger partial charge in [-0.1, -0.05) is 31.2 Å². The second kappa shape index (κ2) is 8.67. The van der Waals surface area contributed by atoms with Gasteiger partial charge >= 0.3 is 0 Å². The average molecular weight is 422 g/mol. The Bertz CT molecular complexity index is 1050. The van der Waals surface area contributed by atoms with Crippen LogP contribution in [-0.4, -0.2) is 45.9 Å². The van der Waals surface area contributed by atoms with Crippen molar-refractivity contribution >= 4 is 0 Å². The van der Waals surface area contributed by atoms with E-state index in [-0.39, 0.29) is 11.6 Å². The molecular formula is C24H31N5O2. The van der Waals surface area contributed by atoms with Crippen LogP contribution < -0.4 is 9.47 Å². The van der Waals surface area contributed by atoms with Crippen LogP contribution in [0.2, 0.25) is 0 Å². The van der Waals surface area contributed by atoms with Crippen LogP contribution in [0.3, 0.4) is 0 Å². The zero-order valence-corrected chi connectivity index (χ0v) is 19.0. The van der Waals surface area contributed by atoms with Gasteiger partial charge in [-0.05, 0) is 66.4 Å². The van der Waals surface area contributed by atoms with Crippen molar-refractivity contribution in [3.8, 4) is 11.5 Å². The summed E-state index contributed by atoms with van der Waals surface area (Å²) in [5.41, 5.74) is 3.54. The second-order valence-corrected chi connectivity index (χ2v) is 8.61. The van der Waals surface area contributed by atoms with Crippen molar-refractivity contribution in [1.82, 2.24) is 25.1 Å². The van der Waals surface area contributed by atoms with Gasteiger partial charge in [-0.2, -0.15) is 0 Å². The third-order valence-corrected chi connectivity index (χ3v) is 6.43. The lowest BCUT2D eigenvalue weighted by Crippen LogP contribution is -2.39. The first-order chi connectivity index (χ1) is 15.0. The van der Waals surface area contributed by atoms with Gasteiger partial charge in [0.2, 0.25) is 0 Å². The number of ether oxygens (including phenoxy) is 2. The summed E-state index contributed by atoms with van der Waals surface area (Å²) in [6.07, 6.45) is 1.90. The van der Waals surface area contributed by atoms with E-state index in [0.29, 0.717) is 0 Å². The predicted octanol–water partition coefficient (Wildman–Crippen LogP) is 3.98. The van der Waals surface area contributed by atoms with Gasteiger partial charge in [0, 0.05) is 18.7 Å². The fourth-order valence-electron chi connectivity index (χ4n) is 4.24. The van der Waals surface area contributed by atoms with Gasteiger partial charge in [-0.3, -0.25) is 4.90 Å². The molecule has 164 valence electrons. The van der Waals surface area contributed by atoms with Crippen molar-refractivity contribution in [3.05, 3.63) is 65.0 Å². The third kappa shape index (κ3) is 4.02. The molecule has 1 aliphatic rings. The van der Waals surface area contributed by atoms with Crippen LogP contribution in [0, 0.1) is 0 Å². The highest BCUT2D eigenvalue weighted by Crippen LogP contribution is 2.39. The molecule has 3 aromatic rings. The highest BCUT2D eigenvalue weighted by molar-refractivity contribution is 5.45. The molecule has 2 aromatic carbocycles. The molecule has 7 heteroatoms.